The number of H-pyrrole nitrogens is 1. The summed E-state index contributed by atoms with van der Waals surface area (Å²) in [6.07, 6.45) is 1.67. The second-order valence-corrected chi connectivity index (χ2v) is 2.22. The molecular formula is C7H6N4. The maximum atomic E-state index is 6.85. The van der Waals surface area contributed by atoms with E-state index in [9.17, 15) is 0 Å². The van der Waals surface area contributed by atoms with Crippen LogP contribution in [-0.4, -0.2) is 10.2 Å². The molecule has 0 atom stereocenters. The third kappa shape index (κ3) is 0.797. The number of aromatic nitrogens is 2. The van der Waals surface area contributed by atoms with Crippen molar-refractivity contribution in [3.63, 3.8) is 0 Å². The summed E-state index contributed by atoms with van der Waals surface area (Å²) in [5.41, 5.74) is 8.41. The van der Waals surface area contributed by atoms with E-state index >= 15 is 0 Å². The first kappa shape index (κ1) is 6.03. The molecule has 0 fully saturated rings. The fraction of sp³-hybridized carbons (Fsp3) is 0. The fourth-order valence-corrected chi connectivity index (χ4v) is 1.05. The third-order valence-corrected chi connectivity index (χ3v) is 1.58. The number of rotatable bonds is 1. The number of benzene rings is 1. The third-order valence-electron chi connectivity index (χ3n) is 1.58. The molecular weight excluding hydrogens is 140 g/mol. The molecule has 0 aliphatic rings. The molecule has 2 rings (SSSR count). The number of nitrogens with zero attached hydrogens (tertiary/aromatic N) is 2. The van der Waals surface area contributed by atoms with Crippen LogP contribution in [0.4, 0.5) is 5.69 Å². The highest BCUT2D eigenvalue weighted by atomic mass is 15.1. The van der Waals surface area contributed by atoms with Crippen molar-refractivity contribution < 1.29 is 0 Å². The van der Waals surface area contributed by atoms with Gasteiger partial charge >= 0.3 is 0 Å². The van der Waals surface area contributed by atoms with Crippen molar-refractivity contribution in [1.82, 2.24) is 10.2 Å². The van der Waals surface area contributed by atoms with Gasteiger partial charge in [-0.05, 0) is 12.1 Å². The predicted molar refractivity (Wildman–Crippen MR) is 40.9 cm³/mol. The van der Waals surface area contributed by atoms with E-state index in [1.54, 1.807) is 12.3 Å². The van der Waals surface area contributed by atoms with Gasteiger partial charge in [0.1, 0.15) is 0 Å². The van der Waals surface area contributed by atoms with Crippen LogP contribution in [0.1, 0.15) is 0 Å². The molecule has 1 aromatic carbocycles. The van der Waals surface area contributed by atoms with Crippen molar-refractivity contribution >= 4 is 16.6 Å². The van der Waals surface area contributed by atoms with Gasteiger partial charge in [0, 0.05) is 5.39 Å². The van der Waals surface area contributed by atoms with Crippen LogP contribution in [0.25, 0.3) is 10.9 Å². The summed E-state index contributed by atoms with van der Waals surface area (Å²) in [5, 5.41) is 10.9. The molecule has 0 unspecified atom stereocenters. The van der Waals surface area contributed by atoms with Crippen LogP contribution in [0.15, 0.2) is 29.5 Å². The summed E-state index contributed by atoms with van der Waals surface area (Å²) in [4.78, 5) is 0. The van der Waals surface area contributed by atoms with Gasteiger partial charge in [0.15, 0.2) is 0 Å². The maximum Gasteiger partial charge on any atom is 0.0959 e. The Kier molecular flexibility index (Phi) is 1.18. The average molecular weight is 146 g/mol. The van der Waals surface area contributed by atoms with E-state index < -0.39 is 0 Å². The SMILES string of the molecule is N=Nc1cccc2[nH]ncc12. The van der Waals surface area contributed by atoms with Crippen LogP contribution in [0.2, 0.25) is 0 Å². The molecule has 0 aliphatic carbocycles. The summed E-state index contributed by atoms with van der Waals surface area (Å²) < 4.78 is 0. The zero-order valence-electron chi connectivity index (χ0n) is 5.70. The molecule has 0 radical (unpaired) electrons. The number of aromatic amines is 1. The molecule has 4 nitrogen and oxygen atoms in total. The van der Waals surface area contributed by atoms with E-state index in [2.05, 4.69) is 15.3 Å². The molecule has 0 saturated carbocycles. The van der Waals surface area contributed by atoms with Crippen molar-refractivity contribution in [2.45, 2.75) is 0 Å². The lowest BCUT2D eigenvalue weighted by molar-refractivity contribution is 1.12. The maximum absolute atomic E-state index is 6.85. The van der Waals surface area contributed by atoms with Crippen LogP contribution in [0, 0.1) is 5.53 Å². The van der Waals surface area contributed by atoms with Gasteiger partial charge in [-0.25, -0.2) is 5.53 Å². The minimum atomic E-state index is 0.649. The minimum Gasteiger partial charge on any atom is -0.278 e. The Balaban J connectivity index is 2.88. The van der Waals surface area contributed by atoms with Crippen molar-refractivity contribution in [2.75, 3.05) is 0 Å². The Morgan fingerprint density at radius 1 is 1.45 bits per heavy atom. The Morgan fingerprint density at radius 3 is 3.18 bits per heavy atom. The lowest BCUT2D eigenvalue weighted by Crippen LogP contribution is -1.66. The highest BCUT2D eigenvalue weighted by Gasteiger charge is 1.98. The lowest BCUT2D eigenvalue weighted by atomic mass is 10.2. The lowest BCUT2D eigenvalue weighted by Gasteiger charge is -1.90. The Morgan fingerprint density at radius 2 is 2.36 bits per heavy atom. The summed E-state index contributed by atoms with van der Waals surface area (Å²) in [5.74, 6) is 0. The van der Waals surface area contributed by atoms with Crippen molar-refractivity contribution in [3.05, 3.63) is 24.4 Å². The minimum absolute atomic E-state index is 0.649. The van der Waals surface area contributed by atoms with E-state index in [1.165, 1.54) is 0 Å². The molecule has 0 bridgehead atoms. The number of nitrogens with one attached hydrogen (secondary N) is 2. The van der Waals surface area contributed by atoms with E-state index in [-0.39, 0.29) is 0 Å². The average Bonchev–Trinajstić information content (AvgIpc) is 2.50. The van der Waals surface area contributed by atoms with Gasteiger partial charge in [0.05, 0.1) is 17.4 Å². The fourth-order valence-electron chi connectivity index (χ4n) is 1.05. The summed E-state index contributed by atoms with van der Waals surface area (Å²) in [6.45, 7) is 0. The van der Waals surface area contributed by atoms with Gasteiger partial charge in [0.2, 0.25) is 0 Å². The normalized spacial score (nSPS) is 10.2. The van der Waals surface area contributed by atoms with Crippen LogP contribution in [0.5, 0.6) is 0 Å². The van der Waals surface area contributed by atoms with Crippen LogP contribution in [-0.2, 0) is 0 Å². The quantitative estimate of drug-likeness (QED) is 0.595. The standard InChI is InChI=1S/C7H6N4/c8-10-6-2-1-3-7-5(6)4-9-11-7/h1-4,8H,(H,9,11). The molecule has 0 saturated heterocycles. The van der Waals surface area contributed by atoms with Crippen LogP contribution >= 0.6 is 0 Å². The topological polar surface area (TPSA) is 64.9 Å². The Bertz CT molecular complexity index is 390. The molecule has 4 heteroatoms. The second kappa shape index (κ2) is 2.16. The first-order chi connectivity index (χ1) is 5.42. The van der Waals surface area contributed by atoms with E-state index in [4.69, 9.17) is 5.53 Å². The first-order valence-electron chi connectivity index (χ1n) is 3.21. The van der Waals surface area contributed by atoms with Crippen molar-refractivity contribution in [1.29, 1.82) is 5.53 Å². The molecule has 0 amide bonds. The zero-order chi connectivity index (χ0) is 7.68. The Labute approximate surface area is 62.7 Å². The summed E-state index contributed by atoms with van der Waals surface area (Å²) in [7, 11) is 0. The predicted octanol–water partition coefficient (Wildman–Crippen LogP) is 2.23. The Hall–Kier alpha value is -1.71. The first-order valence-corrected chi connectivity index (χ1v) is 3.21. The molecule has 1 heterocycles. The van der Waals surface area contributed by atoms with Crippen LogP contribution < -0.4 is 0 Å². The zero-order valence-corrected chi connectivity index (χ0v) is 5.70. The summed E-state index contributed by atoms with van der Waals surface area (Å²) >= 11 is 0. The van der Waals surface area contributed by atoms with E-state index in [0.717, 1.165) is 10.9 Å². The van der Waals surface area contributed by atoms with Gasteiger partial charge in [-0.3, -0.25) is 5.10 Å². The van der Waals surface area contributed by atoms with Gasteiger partial charge in [0.25, 0.3) is 0 Å². The molecule has 11 heavy (non-hydrogen) atoms. The van der Waals surface area contributed by atoms with Crippen molar-refractivity contribution in [3.8, 4) is 0 Å². The molecule has 0 spiro atoms. The molecule has 54 valence electrons. The smallest absolute Gasteiger partial charge is 0.0959 e. The van der Waals surface area contributed by atoms with Crippen LogP contribution in [0.3, 0.4) is 0 Å². The largest absolute Gasteiger partial charge is 0.278 e. The number of fused-ring (bicyclic) bond motifs is 1. The molecule has 0 aliphatic heterocycles. The number of hydrogen-bond donors (Lipinski definition) is 2. The van der Waals surface area contributed by atoms with Gasteiger partial charge in [-0.2, -0.15) is 10.2 Å². The second-order valence-electron chi connectivity index (χ2n) is 2.22. The monoisotopic (exact) mass is 146 g/mol. The van der Waals surface area contributed by atoms with Gasteiger partial charge in [-0.15, -0.1) is 0 Å². The summed E-state index contributed by atoms with van der Waals surface area (Å²) in [6, 6.07) is 5.52. The molecule has 2 aromatic rings. The number of hydrogen-bond acceptors (Lipinski definition) is 3. The van der Waals surface area contributed by atoms with E-state index in [0.29, 0.717) is 5.69 Å². The molecule has 2 N–H and O–H groups in total. The molecule has 1 aromatic heterocycles. The van der Waals surface area contributed by atoms with Gasteiger partial charge < -0.3 is 0 Å². The highest BCUT2D eigenvalue weighted by molar-refractivity contribution is 5.88. The highest BCUT2D eigenvalue weighted by Crippen LogP contribution is 2.22. The van der Waals surface area contributed by atoms with Crippen molar-refractivity contribution in [2.24, 2.45) is 5.11 Å². The van der Waals surface area contributed by atoms with E-state index in [1.807, 2.05) is 12.1 Å². The van der Waals surface area contributed by atoms with Gasteiger partial charge in [-0.1, -0.05) is 6.07 Å².